The van der Waals surface area contributed by atoms with Crippen LogP contribution in [0.5, 0.6) is 0 Å². The summed E-state index contributed by atoms with van der Waals surface area (Å²) in [4.78, 5) is 17.0. The number of aromatic nitrogens is 4. The number of benzene rings is 1. The van der Waals surface area contributed by atoms with Crippen molar-refractivity contribution in [3.63, 3.8) is 0 Å². The van der Waals surface area contributed by atoms with Gasteiger partial charge in [-0.15, -0.1) is 5.10 Å². The first-order chi connectivity index (χ1) is 14.0. The lowest BCUT2D eigenvalue weighted by Crippen LogP contribution is -2.57. The Morgan fingerprint density at radius 2 is 2.00 bits per heavy atom. The van der Waals surface area contributed by atoms with E-state index in [0.29, 0.717) is 24.7 Å². The Morgan fingerprint density at radius 1 is 1.24 bits per heavy atom. The van der Waals surface area contributed by atoms with Gasteiger partial charge in [0.2, 0.25) is 5.91 Å². The summed E-state index contributed by atoms with van der Waals surface area (Å²) >= 11 is 0. The molecule has 1 amide bonds. The molecule has 8 heteroatoms. The highest BCUT2D eigenvalue weighted by Crippen LogP contribution is 2.38. The molecule has 2 aliphatic rings. The van der Waals surface area contributed by atoms with Crippen LogP contribution in [0.2, 0.25) is 0 Å². The van der Waals surface area contributed by atoms with Crippen LogP contribution in [0, 0.1) is 5.82 Å². The summed E-state index contributed by atoms with van der Waals surface area (Å²) in [5.74, 6) is 0.459. The Hall–Kier alpha value is -2.35. The molecule has 7 nitrogen and oxygen atoms in total. The molecule has 0 spiro atoms. The molecule has 2 heterocycles. The highest BCUT2D eigenvalue weighted by Gasteiger charge is 2.45. The molecule has 0 radical (unpaired) electrons. The number of likely N-dealkylation sites (tertiary alicyclic amines) is 1. The third-order valence-corrected chi connectivity index (χ3v) is 6.56. The second kappa shape index (κ2) is 8.18. The highest BCUT2D eigenvalue weighted by molar-refractivity contribution is 5.79. The van der Waals surface area contributed by atoms with Gasteiger partial charge in [-0.05, 0) is 61.8 Å². The van der Waals surface area contributed by atoms with Crippen LogP contribution in [-0.2, 0) is 16.8 Å². The normalized spacial score (nSPS) is 23.1. The maximum atomic E-state index is 14.0. The molecule has 1 aromatic carbocycles. The Kier molecular flexibility index (Phi) is 5.63. The van der Waals surface area contributed by atoms with Gasteiger partial charge >= 0.3 is 0 Å². The average Bonchev–Trinajstić information content (AvgIpc) is 3.41. The second-order valence-electron chi connectivity index (χ2n) is 8.50. The number of hydrogen-bond donors (Lipinski definition) is 0. The zero-order chi connectivity index (χ0) is 20.4. The molecule has 1 saturated heterocycles. The molecular formula is C21H29FN6O. The van der Waals surface area contributed by atoms with E-state index >= 15 is 0 Å². The first kappa shape index (κ1) is 19.9. The van der Waals surface area contributed by atoms with Gasteiger partial charge in [-0.2, -0.15) is 0 Å². The van der Waals surface area contributed by atoms with E-state index in [1.807, 2.05) is 23.7 Å². The topological polar surface area (TPSA) is 67.2 Å². The van der Waals surface area contributed by atoms with Crippen molar-refractivity contribution < 1.29 is 9.18 Å². The van der Waals surface area contributed by atoms with Crippen LogP contribution in [0.4, 0.5) is 4.39 Å². The van der Waals surface area contributed by atoms with Gasteiger partial charge in [0.25, 0.3) is 0 Å². The maximum Gasteiger partial charge on any atom is 0.227 e. The fourth-order valence-electron chi connectivity index (χ4n) is 4.81. The van der Waals surface area contributed by atoms with Crippen molar-refractivity contribution in [2.24, 2.45) is 0 Å². The SMILES string of the molecule is CN(C)C1(c2nnnn2C2CCCC2)CCCN(C(=O)Cc2ccccc2F)C1. The maximum absolute atomic E-state index is 14.0. The van der Waals surface area contributed by atoms with E-state index in [1.165, 1.54) is 18.9 Å². The Morgan fingerprint density at radius 3 is 2.72 bits per heavy atom. The van der Waals surface area contributed by atoms with Crippen molar-refractivity contribution in [3.8, 4) is 0 Å². The minimum atomic E-state index is -0.435. The first-order valence-electron chi connectivity index (χ1n) is 10.5. The zero-order valence-electron chi connectivity index (χ0n) is 17.2. The number of carbonyl (C=O) groups is 1. The summed E-state index contributed by atoms with van der Waals surface area (Å²) < 4.78 is 16.0. The van der Waals surface area contributed by atoms with Gasteiger partial charge in [-0.25, -0.2) is 9.07 Å². The number of nitrogens with zero attached hydrogens (tertiary/aromatic N) is 6. The number of piperidine rings is 1. The highest BCUT2D eigenvalue weighted by atomic mass is 19.1. The third-order valence-electron chi connectivity index (χ3n) is 6.56. The number of likely N-dealkylation sites (N-methyl/N-ethyl adjacent to an activating group) is 1. The smallest absolute Gasteiger partial charge is 0.227 e. The molecular weight excluding hydrogens is 371 g/mol. The van der Waals surface area contributed by atoms with Gasteiger partial charge in [-0.1, -0.05) is 31.0 Å². The summed E-state index contributed by atoms with van der Waals surface area (Å²) in [5.41, 5.74) is 0.00390. The van der Waals surface area contributed by atoms with Crippen molar-refractivity contribution in [1.29, 1.82) is 0 Å². The van der Waals surface area contributed by atoms with E-state index in [4.69, 9.17) is 0 Å². The van der Waals surface area contributed by atoms with Crippen molar-refractivity contribution in [1.82, 2.24) is 30.0 Å². The van der Waals surface area contributed by atoms with Crippen LogP contribution in [0.1, 0.15) is 56.0 Å². The molecule has 4 rings (SSSR count). The lowest BCUT2D eigenvalue weighted by atomic mass is 9.86. The van der Waals surface area contributed by atoms with Crippen LogP contribution >= 0.6 is 0 Å². The number of hydrogen-bond acceptors (Lipinski definition) is 5. The van der Waals surface area contributed by atoms with Crippen LogP contribution in [0.25, 0.3) is 0 Å². The standard InChI is InChI=1S/C21H29FN6O/c1-26(2)21(20-23-24-25-28(20)17-9-4-5-10-17)12-7-13-27(15-21)19(29)14-16-8-3-6-11-18(16)22/h3,6,8,11,17H,4-5,7,9-10,12-15H2,1-2H3. The van der Waals surface area contributed by atoms with Crippen LogP contribution < -0.4 is 0 Å². The molecule has 29 heavy (non-hydrogen) atoms. The van der Waals surface area contributed by atoms with E-state index in [9.17, 15) is 9.18 Å². The molecule has 0 bridgehead atoms. The van der Waals surface area contributed by atoms with E-state index in [2.05, 4.69) is 20.4 Å². The summed E-state index contributed by atoms with van der Waals surface area (Å²) in [6, 6.07) is 6.82. The zero-order valence-corrected chi connectivity index (χ0v) is 17.2. The molecule has 156 valence electrons. The molecule has 1 aliphatic heterocycles. The average molecular weight is 401 g/mol. The first-order valence-corrected chi connectivity index (χ1v) is 10.5. The molecule has 2 fully saturated rings. The monoisotopic (exact) mass is 400 g/mol. The van der Waals surface area contributed by atoms with Gasteiger partial charge in [0.1, 0.15) is 11.4 Å². The van der Waals surface area contributed by atoms with Gasteiger partial charge in [-0.3, -0.25) is 9.69 Å². The molecule has 2 aromatic rings. The van der Waals surface area contributed by atoms with Gasteiger partial charge in [0.15, 0.2) is 5.82 Å². The van der Waals surface area contributed by atoms with Crippen molar-refractivity contribution in [3.05, 3.63) is 41.5 Å². The summed E-state index contributed by atoms with van der Waals surface area (Å²) in [7, 11) is 4.05. The van der Waals surface area contributed by atoms with Crippen LogP contribution in [-0.4, -0.2) is 63.1 Å². The van der Waals surface area contributed by atoms with Crippen LogP contribution in [0.3, 0.4) is 0 Å². The summed E-state index contributed by atoms with van der Waals surface area (Å²) in [5, 5.41) is 12.8. The molecule has 1 aromatic heterocycles. The summed E-state index contributed by atoms with van der Waals surface area (Å²) in [6.45, 7) is 1.19. The Bertz CT molecular complexity index is 862. The molecule has 0 N–H and O–H groups in total. The molecule has 1 unspecified atom stereocenters. The number of carbonyl (C=O) groups excluding carboxylic acids is 1. The largest absolute Gasteiger partial charge is 0.340 e. The van der Waals surface area contributed by atoms with E-state index < -0.39 is 5.54 Å². The number of amides is 1. The lowest BCUT2D eigenvalue weighted by molar-refractivity contribution is -0.135. The Balaban J connectivity index is 1.59. The van der Waals surface area contributed by atoms with Crippen LogP contribution in [0.15, 0.2) is 24.3 Å². The minimum Gasteiger partial charge on any atom is -0.340 e. The van der Waals surface area contributed by atoms with Gasteiger partial charge in [0.05, 0.1) is 12.5 Å². The predicted octanol–water partition coefficient (Wildman–Crippen LogP) is 2.55. The molecule has 1 aliphatic carbocycles. The van der Waals surface area contributed by atoms with Crippen molar-refractivity contribution in [2.45, 2.75) is 56.5 Å². The fourth-order valence-corrected chi connectivity index (χ4v) is 4.81. The van der Waals surface area contributed by atoms with Gasteiger partial charge < -0.3 is 4.90 Å². The molecule has 1 atom stereocenters. The second-order valence-corrected chi connectivity index (χ2v) is 8.50. The minimum absolute atomic E-state index is 0.0547. The summed E-state index contributed by atoms with van der Waals surface area (Å²) in [6.07, 6.45) is 6.41. The predicted molar refractivity (Wildman–Crippen MR) is 107 cm³/mol. The van der Waals surface area contributed by atoms with E-state index in [1.54, 1.807) is 18.2 Å². The quantitative estimate of drug-likeness (QED) is 0.772. The lowest BCUT2D eigenvalue weighted by Gasteiger charge is -2.46. The fraction of sp³-hybridized carbons (Fsp3) is 0.619. The number of halogens is 1. The number of tetrazole rings is 1. The van der Waals surface area contributed by atoms with Gasteiger partial charge in [0, 0.05) is 13.1 Å². The Labute approximate surface area is 170 Å². The third kappa shape index (κ3) is 3.77. The van der Waals surface area contributed by atoms with Crippen molar-refractivity contribution in [2.75, 3.05) is 27.2 Å². The van der Waals surface area contributed by atoms with E-state index in [0.717, 1.165) is 31.5 Å². The molecule has 1 saturated carbocycles. The van der Waals surface area contributed by atoms with Crippen molar-refractivity contribution >= 4 is 5.91 Å². The number of rotatable bonds is 5. The van der Waals surface area contributed by atoms with E-state index in [-0.39, 0.29) is 18.1 Å².